The number of rotatable bonds is 3. The monoisotopic (exact) mass is 470 g/mol. The minimum atomic E-state index is -0.560. The molecule has 0 bridgehead atoms. The van der Waals surface area contributed by atoms with E-state index in [2.05, 4.69) is 16.2 Å². The zero-order valence-corrected chi connectivity index (χ0v) is 15.5. The zero-order chi connectivity index (χ0) is 18.4. The van der Waals surface area contributed by atoms with E-state index in [0.717, 1.165) is 3.57 Å². The van der Waals surface area contributed by atoms with Crippen LogP contribution in [0.4, 0.5) is 5.69 Å². The molecule has 0 aliphatic carbocycles. The highest BCUT2D eigenvalue weighted by atomic mass is 127. The molecule has 0 spiro atoms. The summed E-state index contributed by atoms with van der Waals surface area (Å²) in [5.74, 6) is -0.965. The molecule has 0 saturated heterocycles. The van der Waals surface area contributed by atoms with E-state index in [0.29, 0.717) is 5.56 Å². The van der Waals surface area contributed by atoms with Gasteiger partial charge < -0.3 is 0 Å². The number of thiocarbonyl (C=S) groups is 1. The maximum atomic E-state index is 12.1. The molecule has 0 heterocycles. The number of non-ortho nitro benzene ring substituents is 1. The lowest BCUT2D eigenvalue weighted by Gasteiger charge is -2.11. The Morgan fingerprint density at radius 2 is 1.64 bits per heavy atom. The van der Waals surface area contributed by atoms with Crippen molar-refractivity contribution in [3.8, 4) is 0 Å². The van der Waals surface area contributed by atoms with Gasteiger partial charge in [-0.2, -0.15) is 0 Å². The summed E-state index contributed by atoms with van der Waals surface area (Å²) in [6.07, 6.45) is 0. The first-order valence-electron chi connectivity index (χ1n) is 6.79. The number of nitrogens with one attached hydrogen (secondary N) is 3. The van der Waals surface area contributed by atoms with Crippen LogP contribution in [0.15, 0.2) is 48.5 Å². The van der Waals surface area contributed by atoms with Crippen molar-refractivity contribution in [1.82, 2.24) is 16.2 Å². The zero-order valence-electron chi connectivity index (χ0n) is 12.5. The Balaban J connectivity index is 1.89. The summed E-state index contributed by atoms with van der Waals surface area (Å²) >= 11 is 6.97. The van der Waals surface area contributed by atoms with E-state index in [9.17, 15) is 19.7 Å². The van der Waals surface area contributed by atoms with Gasteiger partial charge in [0.2, 0.25) is 0 Å². The number of nitro benzene ring substituents is 1. The van der Waals surface area contributed by atoms with Crippen LogP contribution >= 0.6 is 34.8 Å². The van der Waals surface area contributed by atoms with E-state index in [1.807, 2.05) is 22.6 Å². The van der Waals surface area contributed by atoms with Crippen LogP contribution in [0.3, 0.4) is 0 Å². The highest BCUT2D eigenvalue weighted by molar-refractivity contribution is 14.1. The average molecular weight is 470 g/mol. The van der Waals surface area contributed by atoms with E-state index in [4.69, 9.17) is 12.2 Å². The van der Waals surface area contributed by atoms with Crippen molar-refractivity contribution in [1.29, 1.82) is 0 Å². The molecule has 128 valence electrons. The predicted molar refractivity (Wildman–Crippen MR) is 103 cm³/mol. The normalized spacial score (nSPS) is 9.80. The highest BCUT2D eigenvalue weighted by Gasteiger charge is 2.12. The van der Waals surface area contributed by atoms with Crippen molar-refractivity contribution in [3.63, 3.8) is 0 Å². The van der Waals surface area contributed by atoms with E-state index in [-0.39, 0.29) is 16.4 Å². The first-order chi connectivity index (χ1) is 11.9. The standard InChI is InChI=1S/C15H11IN4O4S/c16-12-4-2-1-3-11(12)14(22)17-15(25)19-18-13(21)9-5-7-10(8-6-9)20(23)24/h1-8H,(H,18,21)(H2,17,19,22,25). The van der Waals surface area contributed by atoms with Crippen molar-refractivity contribution in [2.24, 2.45) is 0 Å². The fourth-order valence-corrected chi connectivity index (χ4v) is 2.54. The van der Waals surface area contributed by atoms with Gasteiger partial charge in [0, 0.05) is 21.3 Å². The van der Waals surface area contributed by atoms with E-state index in [1.165, 1.54) is 24.3 Å². The van der Waals surface area contributed by atoms with Crippen molar-refractivity contribution in [2.45, 2.75) is 0 Å². The van der Waals surface area contributed by atoms with E-state index < -0.39 is 16.7 Å². The van der Waals surface area contributed by atoms with Crippen molar-refractivity contribution < 1.29 is 14.5 Å². The van der Waals surface area contributed by atoms with Crippen LogP contribution in [-0.2, 0) is 0 Å². The van der Waals surface area contributed by atoms with Crippen molar-refractivity contribution in [3.05, 3.63) is 73.3 Å². The molecule has 0 atom stereocenters. The SMILES string of the molecule is O=C(NNC(=S)NC(=O)c1ccccc1I)c1ccc([N+](=O)[O-])cc1. The summed E-state index contributed by atoms with van der Waals surface area (Å²) in [5, 5.41) is 12.9. The lowest BCUT2D eigenvalue weighted by molar-refractivity contribution is -0.384. The van der Waals surface area contributed by atoms with E-state index >= 15 is 0 Å². The number of amides is 2. The largest absolute Gasteiger partial charge is 0.298 e. The molecule has 3 N–H and O–H groups in total. The van der Waals surface area contributed by atoms with Crippen LogP contribution in [0, 0.1) is 13.7 Å². The second-order valence-corrected chi connectivity index (χ2v) is 6.22. The van der Waals surface area contributed by atoms with Gasteiger partial charge in [-0.15, -0.1) is 0 Å². The highest BCUT2D eigenvalue weighted by Crippen LogP contribution is 2.12. The minimum Gasteiger partial charge on any atom is -0.298 e. The molecule has 25 heavy (non-hydrogen) atoms. The number of hydrogen-bond donors (Lipinski definition) is 3. The predicted octanol–water partition coefficient (Wildman–Crippen LogP) is 2.15. The van der Waals surface area contributed by atoms with Gasteiger partial charge in [0.1, 0.15) is 0 Å². The first kappa shape index (κ1) is 18.7. The van der Waals surface area contributed by atoms with E-state index in [1.54, 1.807) is 24.3 Å². The molecule has 8 nitrogen and oxygen atoms in total. The van der Waals surface area contributed by atoms with Gasteiger partial charge in [0.15, 0.2) is 5.11 Å². The molecule has 2 aromatic carbocycles. The summed E-state index contributed by atoms with van der Waals surface area (Å²) in [6, 6.07) is 12.0. The van der Waals surface area contributed by atoms with Crippen molar-refractivity contribution >= 4 is 57.4 Å². The van der Waals surface area contributed by atoms with Gasteiger partial charge in [0.25, 0.3) is 17.5 Å². The quantitative estimate of drug-likeness (QED) is 0.274. The van der Waals surface area contributed by atoms with Crippen LogP contribution in [-0.4, -0.2) is 21.9 Å². The number of hydrogen-bond acceptors (Lipinski definition) is 5. The summed E-state index contributed by atoms with van der Waals surface area (Å²) < 4.78 is 0.760. The molecule has 0 unspecified atom stereocenters. The second kappa shape index (κ2) is 8.48. The Morgan fingerprint density at radius 3 is 2.24 bits per heavy atom. The van der Waals surface area contributed by atoms with Gasteiger partial charge >= 0.3 is 0 Å². The molecule has 0 saturated carbocycles. The number of hydrazine groups is 1. The van der Waals surface area contributed by atoms with Crippen LogP contribution < -0.4 is 16.2 Å². The molecule has 0 aliphatic heterocycles. The van der Waals surface area contributed by atoms with Crippen molar-refractivity contribution in [2.75, 3.05) is 0 Å². The maximum Gasteiger partial charge on any atom is 0.269 e. The number of carbonyl (C=O) groups is 2. The lowest BCUT2D eigenvalue weighted by Crippen LogP contribution is -2.48. The average Bonchev–Trinajstić information content (AvgIpc) is 2.60. The molecular formula is C15H11IN4O4S. The van der Waals surface area contributed by atoms with Gasteiger partial charge in [-0.25, -0.2) is 0 Å². The number of benzene rings is 2. The lowest BCUT2D eigenvalue weighted by atomic mass is 10.2. The Labute approximate surface area is 161 Å². The number of nitrogens with zero attached hydrogens (tertiary/aromatic N) is 1. The fraction of sp³-hybridized carbons (Fsp3) is 0. The molecule has 0 aliphatic rings. The molecule has 2 rings (SSSR count). The van der Waals surface area contributed by atoms with Crippen LogP contribution in [0.1, 0.15) is 20.7 Å². The smallest absolute Gasteiger partial charge is 0.269 e. The molecule has 2 aromatic rings. The Morgan fingerprint density at radius 1 is 1.00 bits per heavy atom. The van der Waals surface area contributed by atoms with Crippen LogP contribution in [0.5, 0.6) is 0 Å². The topological polar surface area (TPSA) is 113 Å². The van der Waals surface area contributed by atoms with Gasteiger partial charge in [-0.1, -0.05) is 12.1 Å². The summed E-state index contributed by atoms with van der Waals surface area (Å²) in [5.41, 5.74) is 5.24. The summed E-state index contributed by atoms with van der Waals surface area (Å²) in [4.78, 5) is 34.0. The fourth-order valence-electron chi connectivity index (χ4n) is 1.77. The summed E-state index contributed by atoms with van der Waals surface area (Å²) in [7, 11) is 0. The maximum absolute atomic E-state index is 12.1. The minimum absolute atomic E-state index is 0.0834. The molecule has 0 radical (unpaired) electrons. The first-order valence-corrected chi connectivity index (χ1v) is 8.28. The molecule has 0 aromatic heterocycles. The third kappa shape index (κ3) is 5.19. The Hall–Kier alpha value is -2.60. The van der Waals surface area contributed by atoms with Crippen LogP contribution in [0.25, 0.3) is 0 Å². The summed E-state index contributed by atoms with van der Waals surface area (Å²) in [6.45, 7) is 0. The van der Waals surface area contributed by atoms with Gasteiger partial charge in [-0.3, -0.25) is 35.9 Å². The number of nitro groups is 1. The second-order valence-electron chi connectivity index (χ2n) is 4.65. The van der Waals surface area contributed by atoms with Crippen LogP contribution in [0.2, 0.25) is 0 Å². The third-order valence-electron chi connectivity index (χ3n) is 2.98. The van der Waals surface area contributed by atoms with Gasteiger partial charge in [0.05, 0.1) is 10.5 Å². The molecular weight excluding hydrogens is 459 g/mol. The number of halogens is 1. The van der Waals surface area contributed by atoms with Gasteiger partial charge in [-0.05, 0) is 59.1 Å². The third-order valence-corrected chi connectivity index (χ3v) is 4.12. The molecule has 10 heteroatoms. The Bertz CT molecular complexity index is 842. The molecule has 2 amide bonds. The molecule has 0 fully saturated rings. The number of carbonyl (C=O) groups excluding carboxylic acids is 2. The Kier molecular flexibility index (Phi) is 6.36.